The predicted molar refractivity (Wildman–Crippen MR) is 150 cm³/mol. The molecule has 1 saturated heterocycles. The number of carbonyl (C=O) groups is 2. The molecule has 1 aliphatic rings. The molecule has 1 aliphatic heterocycles. The fraction of sp³-hybridized carbons (Fsp3) is 0.333. The number of methoxy groups -OCH3 is 6. The minimum absolute atomic E-state index is 0.0956. The average molecular weight is 551 g/mol. The Morgan fingerprint density at radius 3 is 1.93 bits per heavy atom. The Balaban J connectivity index is 1.78. The summed E-state index contributed by atoms with van der Waals surface area (Å²) in [7, 11) is 9.21. The van der Waals surface area contributed by atoms with E-state index in [2.05, 4.69) is 5.32 Å². The molecular formula is C30H34N2O8. The molecule has 2 atom stereocenters. The van der Waals surface area contributed by atoms with Crippen molar-refractivity contribution in [2.75, 3.05) is 52.9 Å². The molecule has 0 bridgehead atoms. The third-order valence-electron chi connectivity index (χ3n) is 6.97. The number of hydrogen-bond donors (Lipinski definition) is 1. The fourth-order valence-corrected chi connectivity index (χ4v) is 5.02. The van der Waals surface area contributed by atoms with Gasteiger partial charge in [-0.1, -0.05) is 6.07 Å². The van der Waals surface area contributed by atoms with E-state index in [0.717, 1.165) is 5.56 Å². The Kier molecular flexibility index (Phi) is 8.88. The van der Waals surface area contributed by atoms with Crippen molar-refractivity contribution >= 4 is 23.2 Å². The van der Waals surface area contributed by atoms with E-state index in [9.17, 15) is 9.59 Å². The molecule has 1 fully saturated rings. The molecule has 2 unspecified atom stereocenters. The largest absolute Gasteiger partial charge is 0.497 e. The number of nitrogens with zero attached hydrogens (tertiary/aromatic N) is 1. The van der Waals surface area contributed by atoms with Crippen LogP contribution < -0.4 is 38.6 Å². The average Bonchev–Trinajstić information content (AvgIpc) is 2.99. The van der Waals surface area contributed by atoms with Gasteiger partial charge in [0.2, 0.25) is 17.6 Å². The summed E-state index contributed by atoms with van der Waals surface area (Å²) in [6.45, 7) is 0. The van der Waals surface area contributed by atoms with Crippen molar-refractivity contribution in [3.05, 3.63) is 60.2 Å². The van der Waals surface area contributed by atoms with Crippen LogP contribution in [0.15, 0.2) is 54.6 Å². The van der Waals surface area contributed by atoms with E-state index in [1.165, 1.54) is 21.3 Å². The highest BCUT2D eigenvalue weighted by Gasteiger charge is 2.42. The van der Waals surface area contributed by atoms with Gasteiger partial charge in [0.15, 0.2) is 23.0 Å². The van der Waals surface area contributed by atoms with Crippen molar-refractivity contribution in [1.82, 2.24) is 0 Å². The molecule has 3 aromatic rings. The highest BCUT2D eigenvalue weighted by atomic mass is 16.5. The van der Waals surface area contributed by atoms with E-state index in [1.54, 1.807) is 62.6 Å². The third-order valence-corrected chi connectivity index (χ3v) is 6.97. The summed E-state index contributed by atoms with van der Waals surface area (Å²) in [5.41, 5.74) is 1.85. The highest BCUT2D eigenvalue weighted by molar-refractivity contribution is 6.00. The highest BCUT2D eigenvalue weighted by Crippen LogP contribution is 2.44. The van der Waals surface area contributed by atoms with Crippen LogP contribution >= 0.6 is 0 Å². The lowest BCUT2D eigenvalue weighted by Gasteiger charge is -2.41. The summed E-state index contributed by atoms with van der Waals surface area (Å²) < 4.78 is 32.6. The Hall–Kier alpha value is -4.60. The smallest absolute Gasteiger partial charge is 0.229 e. The Bertz CT molecular complexity index is 1330. The summed E-state index contributed by atoms with van der Waals surface area (Å²) in [5.74, 6) is 1.98. The molecule has 1 heterocycles. The topological polar surface area (TPSA) is 105 Å². The quantitative estimate of drug-likeness (QED) is 0.382. The normalized spacial score (nSPS) is 16.6. The molecule has 40 heavy (non-hydrogen) atoms. The van der Waals surface area contributed by atoms with Crippen LogP contribution in [-0.2, 0) is 9.59 Å². The maximum absolute atomic E-state index is 13.9. The molecule has 3 aromatic carbocycles. The molecule has 0 saturated carbocycles. The van der Waals surface area contributed by atoms with Crippen molar-refractivity contribution in [3.8, 4) is 34.5 Å². The van der Waals surface area contributed by atoms with Gasteiger partial charge in [-0.2, -0.15) is 0 Å². The van der Waals surface area contributed by atoms with Crippen molar-refractivity contribution in [2.24, 2.45) is 5.92 Å². The van der Waals surface area contributed by atoms with Crippen LogP contribution in [0.25, 0.3) is 0 Å². The molecule has 1 N–H and O–H groups in total. The molecule has 10 nitrogen and oxygen atoms in total. The van der Waals surface area contributed by atoms with E-state index in [0.29, 0.717) is 52.3 Å². The second-order valence-electron chi connectivity index (χ2n) is 9.07. The first kappa shape index (κ1) is 28.4. The number of carbonyl (C=O) groups excluding carboxylic acids is 2. The van der Waals surface area contributed by atoms with Crippen LogP contribution in [-0.4, -0.2) is 54.5 Å². The zero-order valence-electron chi connectivity index (χ0n) is 23.5. The van der Waals surface area contributed by atoms with Gasteiger partial charge in [0.05, 0.1) is 54.6 Å². The van der Waals surface area contributed by atoms with Crippen LogP contribution in [0.4, 0.5) is 11.4 Å². The summed E-state index contributed by atoms with van der Waals surface area (Å²) in [6, 6.07) is 15.3. The molecule has 0 spiro atoms. The second-order valence-corrected chi connectivity index (χ2v) is 9.07. The molecule has 212 valence electrons. The number of amides is 2. The molecule has 0 aliphatic carbocycles. The number of anilines is 2. The molecule has 2 amide bonds. The van der Waals surface area contributed by atoms with Gasteiger partial charge in [0, 0.05) is 29.9 Å². The lowest BCUT2D eigenvalue weighted by molar-refractivity contribution is -0.125. The number of piperidine rings is 1. The SMILES string of the molecule is COc1ccc(N2C(=O)CCC(C(=O)Nc3cc(OC)c(OC)c(OC)c3)C2c2ccc(OC)c(OC)c2)cc1. The summed E-state index contributed by atoms with van der Waals surface area (Å²) in [4.78, 5) is 29.0. The first-order valence-corrected chi connectivity index (χ1v) is 12.7. The van der Waals surface area contributed by atoms with Crippen LogP contribution in [0.3, 0.4) is 0 Å². The van der Waals surface area contributed by atoms with Gasteiger partial charge in [0.25, 0.3) is 0 Å². The maximum atomic E-state index is 13.9. The van der Waals surface area contributed by atoms with E-state index < -0.39 is 12.0 Å². The number of benzene rings is 3. The lowest BCUT2D eigenvalue weighted by atomic mass is 9.83. The Labute approximate surface area is 233 Å². The first-order valence-electron chi connectivity index (χ1n) is 12.7. The van der Waals surface area contributed by atoms with Gasteiger partial charge in [-0.3, -0.25) is 9.59 Å². The summed E-state index contributed by atoms with van der Waals surface area (Å²) in [5, 5.41) is 3.00. The third kappa shape index (κ3) is 5.56. The predicted octanol–water partition coefficient (Wildman–Crippen LogP) is 4.86. The first-order chi connectivity index (χ1) is 19.4. The van der Waals surface area contributed by atoms with Crippen molar-refractivity contribution in [3.63, 3.8) is 0 Å². The van der Waals surface area contributed by atoms with E-state index in [1.807, 2.05) is 18.2 Å². The van der Waals surface area contributed by atoms with Crippen LogP contribution in [0.1, 0.15) is 24.4 Å². The van der Waals surface area contributed by atoms with Gasteiger partial charge < -0.3 is 38.6 Å². The molecule has 0 aromatic heterocycles. The molecule has 10 heteroatoms. The Morgan fingerprint density at radius 1 is 0.750 bits per heavy atom. The van der Waals surface area contributed by atoms with Gasteiger partial charge >= 0.3 is 0 Å². The van der Waals surface area contributed by atoms with Gasteiger partial charge in [-0.25, -0.2) is 0 Å². The number of ether oxygens (including phenoxy) is 6. The van der Waals surface area contributed by atoms with Crippen LogP contribution in [0.5, 0.6) is 34.5 Å². The van der Waals surface area contributed by atoms with E-state index in [-0.39, 0.29) is 18.2 Å². The van der Waals surface area contributed by atoms with Crippen LogP contribution in [0, 0.1) is 5.92 Å². The summed E-state index contributed by atoms with van der Waals surface area (Å²) in [6.07, 6.45) is 0.546. The zero-order valence-corrected chi connectivity index (χ0v) is 23.5. The van der Waals surface area contributed by atoms with E-state index >= 15 is 0 Å². The minimum Gasteiger partial charge on any atom is -0.497 e. The monoisotopic (exact) mass is 550 g/mol. The number of hydrogen-bond acceptors (Lipinski definition) is 8. The van der Waals surface area contributed by atoms with Crippen molar-refractivity contribution in [2.45, 2.75) is 18.9 Å². The zero-order chi connectivity index (χ0) is 28.8. The number of nitrogens with one attached hydrogen (secondary N) is 1. The summed E-state index contributed by atoms with van der Waals surface area (Å²) >= 11 is 0. The minimum atomic E-state index is -0.628. The second kappa shape index (κ2) is 12.5. The number of rotatable bonds is 10. The molecule has 0 radical (unpaired) electrons. The fourth-order valence-electron chi connectivity index (χ4n) is 5.02. The lowest BCUT2D eigenvalue weighted by Crippen LogP contribution is -2.47. The van der Waals surface area contributed by atoms with E-state index in [4.69, 9.17) is 28.4 Å². The van der Waals surface area contributed by atoms with Crippen molar-refractivity contribution < 1.29 is 38.0 Å². The molecular weight excluding hydrogens is 516 g/mol. The van der Waals surface area contributed by atoms with Gasteiger partial charge in [-0.05, 0) is 48.4 Å². The van der Waals surface area contributed by atoms with Gasteiger partial charge in [0.1, 0.15) is 5.75 Å². The Morgan fingerprint density at radius 2 is 1.38 bits per heavy atom. The standard InChI is InChI=1S/C30H34N2O8/c1-35-21-10-8-20(9-11-21)32-27(33)14-12-22(28(32)18-7-13-23(36-2)24(15-18)37-3)30(34)31-19-16-25(38-4)29(40-6)26(17-19)39-5/h7-11,13,15-17,22,28H,12,14H2,1-6H3,(H,31,34). The maximum Gasteiger partial charge on any atom is 0.229 e. The van der Waals surface area contributed by atoms with Crippen molar-refractivity contribution in [1.29, 1.82) is 0 Å². The van der Waals surface area contributed by atoms with Gasteiger partial charge in [-0.15, -0.1) is 0 Å². The van der Waals surface area contributed by atoms with Crippen LogP contribution in [0.2, 0.25) is 0 Å². The molecule has 4 rings (SSSR count).